The van der Waals surface area contributed by atoms with Crippen LogP contribution in [0.15, 0.2) is 30.3 Å². The summed E-state index contributed by atoms with van der Waals surface area (Å²) in [4.78, 5) is 0. The summed E-state index contributed by atoms with van der Waals surface area (Å²) in [6.07, 6.45) is 1.56. The second-order valence-corrected chi connectivity index (χ2v) is 4.75. The second kappa shape index (κ2) is 3.95. The van der Waals surface area contributed by atoms with E-state index in [0.29, 0.717) is 6.42 Å². The Kier molecular flexibility index (Phi) is 2.81. The Hall–Kier alpha value is -0.860. The van der Waals surface area contributed by atoms with Crippen LogP contribution in [0, 0.1) is 0 Å². The van der Waals surface area contributed by atoms with Gasteiger partial charge < -0.3 is 9.84 Å². The molecule has 1 aromatic rings. The first-order valence-electron chi connectivity index (χ1n) is 5.50. The summed E-state index contributed by atoms with van der Waals surface area (Å²) in [5.41, 5.74) is 0.558. The quantitative estimate of drug-likeness (QED) is 0.765. The Labute approximate surface area is 90.9 Å². The van der Waals surface area contributed by atoms with Crippen LogP contribution in [0.4, 0.5) is 0 Å². The van der Waals surface area contributed by atoms with E-state index in [0.717, 1.165) is 12.0 Å². The summed E-state index contributed by atoms with van der Waals surface area (Å²) in [7, 11) is 0. The standard InChI is InChI=1S/C13H18O2/c1-10-8-13(2,14)9-12(15-10)11-6-4-3-5-7-11/h3-7,10,12,14H,8-9H2,1-2H3/t10-,12-,13+/m1/s1. The van der Waals surface area contributed by atoms with Crippen LogP contribution in [0.5, 0.6) is 0 Å². The zero-order valence-electron chi connectivity index (χ0n) is 9.31. The summed E-state index contributed by atoms with van der Waals surface area (Å²) < 4.78 is 5.85. The summed E-state index contributed by atoms with van der Waals surface area (Å²) in [5, 5.41) is 10.1. The zero-order chi connectivity index (χ0) is 10.9. The Morgan fingerprint density at radius 1 is 1.27 bits per heavy atom. The van der Waals surface area contributed by atoms with Crippen LogP contribution in [0.1, 0.15) is 38.4 Å². The van der Waals surface area contributed by atoms with E-state index in [1.165, 1.54) is 0 Å². The van der Waals surface area contributed by atoms with Gasteiger partial charge in [0.2, 0.25) is 0 Å². The molecule has 1 aliphatic rings. The van der Waals surface area contributed by atoms with Crippen LogP contribution >= 0.6 is 0 Å². The molecule has 2 rings (SSSR count). The van der Waals surface area contributed by atoms with Crippen molar-refractivity contribution >= 4 is 0 Å². The molecule has 2 heteroatoms. The fourth-order valence-electron chi connectivity index (χ4n) is 2.34. The van der Waals surface area contributed by atoms with Crippen molar-refractivity contribution in [2.75, 3.05) is 0 Å². The van der Waals surface area contributed by atoms with Crippen LogP contribution in [-0.2, 0) is 4.74 Å². The van der Waals surface area contributed by atoms with Gasteiger partial charge in [-0.3, -0.25) is 0 Å². The lowest BCUT2D eigenvalue weighted by Crippen LogP contribution is -2.38. The maximum atomic E-state index is 10.1. The molecule has 1 saturated heterocycles. The van der Waals surface area contributed by atoms with Crippen molar-refractivity contribution < 1.29 is 9.84 Å². The van der Waals surface area contributed by atoms with Crippen molar-refractivity contribution in [1.29, 1.82) is 0 Å². The minimum absolute atomic E-state index is 0.0324. The molecule has 1 heterocycles. The highest BCUT2D eigenvalue weighted by Crippen LogP contribution is 2.36. The van der Waals surface area contributed by atoms with E-state index in [-0.39, 0.29) is 12.2 Å². The molecule has 3 atom stereocenters. The maximum Gasteiger partial charge on any atom is 0.0855 e. The Balaban J connectivity index is 2.17. The molecule has 0 saturated carbocycles. The summed E-state index contributed by atoms with van der Waals surface area (Å²) in [5.74, 6) is 0. The monoisotopic (exact) mass is 206 g/mol. The van der Waals surface area contributed by atoms with Gasteiger partial charge in [0.15, 0.2) is 0 Å². The van der Waals surface area contributed by atoms with Gasteiger partial charge >= 0.3 is 0 Å². The molecule has 1 N–H and O–H groups in total. The number of hydrogen-bond donors (Lipinski definition) is 1. The van der Waals surface area contributed by atoms with E-state index < -0.39 is 5.60 Å². The van der Waals surface area contributed by atoms with Crippen molar-refractivity contribution in [3.8, 4) is 0 Å². The van der Waals surface area contributed by atoms with Crippen molar-refractivity contribution in [3.63, 3.8) is 0 Å². The molecular formula is C13H18O2. The molecule has 1 aliphatic heterocycles. The van der Waals surface area contributed by atoms with E-state index in [1.807, 2.05) is 32.0 Å². The van der Waals surface area contributed by atoms with Gasteiger partial charge in [-0.2, -0.15) is 0 Å². The topological polar surface area (TPSA) is 29.5 Å². The highest BCUT2D eigenvalue weighted by Gasteiger charge is 2.34. The van der Waals surface area contributed by atoms with Gasteiger partial charge in [0.25, 0.3) is 0 Å². The van der Waals surface area contributed by atoms with Crippen molar-refractivity contribution in [2.24, 2.45) is 0 Å². The van der Waals surface area contributed by atoms with Gasteiger partial charge in [-0.05, 0) is 19.4 Å². The van der Waals surface area contributed by atoms with Crippen molar-refractivity contribution in [2.45, 2.75) is 44.5 Å². The second-order valence-electron chi connectivity index (χ2n) is 4.75. The summed E-state index contributed by atoms with van der Waals surface area (Å²) >= 11 is 0. The molecule has 1 fully saturated rings. The maximum absolute atomic E-state index is 10.1. The summed E-state index contributed by atoms with van der Waals surface area (Å²) in [6.45, 7) is 3.91. The number of benzene rings is 1. The lowest BCUT2D eigenvalue weighted by atomic mass is 9.87. The SMILES string of the molecule is C[C@@H]1C[C@](C)(O)C[C@H](c2ccccc2)O1. The average Bonchev–Trinajstić information content (AvgIpc) is 2.16. The first-order valence-corrected chi connectivity index (χ1v) is 5.50. The molecule has 0 bridgehead atoms. The van der Waals surface area contributed by atoms with E-state index >= 15 is 0 Å². The van der Waals surface area contributed by atoms with Crippen molar-refractivity contribution in [3.05, 3.63) is 35.9 Å². The third-order valence-corrected chi connectivity index (χ3v) is 2.92. The molecule has 0 amide bonds. The number of ether oxygens (including phenoxy) is 1. The van der Waals surface area contributed by atoms with Crippen LogP contribution in [0.3, 0.4) is 0 Å². The van der Waals surface area contributed by atoms with Gasteiger partial charge in [-0.25, -0.2) is 0 Å². The minimum atomic E-state index is -0.599. The highest BCUT2D eigenvalue weighted by molar-refractivity contribution is 5.18. The van der Waals surface area contributed by atoms with Gasteiger partial charge in [-0.1, -0.05) is 30.3 Å². The molecule has 0 aromatic heterocycles. The van der Waals surface area contributed by atoms with Crippen LogP contribution in [0.25, 0.3) is 0 Å². The largest absolute Gasteiger partial charge is 0.390 e. The van der Waals surface area contributed by atoms with Gasteiger partial charge in [0, 0.05) is 12.8 Å². The molecular weight excluding hydrogens is 188 g/mol. The molecule has 0 radical (unpaired) electrons. The smallest absolute Gasteiger partial charge is 0.0855 e. The number of rotatable bonds is 1. The Morgan fingerprint density at radius 3 is 2.53 bits per heavy atom. The van der Waals surface area contributed by atoms with E-state index in [1.54, 1.807) is 0 Å². The normalized spacial score (nSPS) is 36.5. The number of hydrogen-bond acceptors (Lipinski definition) is 2. The highest BCUT2D eigenvalue weighted by atomic mass is 16.5. The lowest BCUT2D eigenvalue weighted by Gasteiger charge is -2.38. The van der Waals surface area contributed by atoms with E-state index in [2.05, 4.69) is 12.1 Å². The Bertz CT molecular complexity index is 319. The van der Waals surface area contributed by atoms with Crippen molar-refractivity contribution in [1.82, 2.24) is 0 Å². The molecule has 15 heavy (non-hydrogen) atoms. The van der Waals surface area contributed by atoms with E-state index in [4.69, 9.17) is 4.74 Å². The summed E-state index contributed by atoms with van der Waals surface area (Å²) in [6, 6.07) is 10.1. The first-order chi connectivity index (χ1) is 7.07. The fourth-order valence-corrected chi connectivity index (χ4v) is 2.34. The fraction of sp³-hybridized carbons (Fsp3) is 0.538. The average molecular weight is 206 g/mol. The third kappa shape index (κ3) is 2.58. The zero-order valence-corrected chi connectivity index (χ0v) is 9.31. The molecule has 82 valence electrons. The molecule has 0 spiro atoms. The minimum Gasteiger partial charge on any atom is -0.390 e. The van der Waals surface area contributed by atoms with Gasteiger partial charge in [0.1, 0.15) is 0 Å². The Morgan fingerprint density at radius 2 is 1.93 bits per heavy atom. The van der Waals surface area contributed by atoms with Gasteiger partial charge in [-0.15, -0.1) is 0 Å². The van der Waals surface area contributed by atoms with E-state index in [9.17, 15) is 5.11 Å². The van der Waals surface area contributed by atoms with Crippen LogP contribution < -0.4 is 0 Å². The third-order valence-electron chi connectivity index (χ3n) is 2.92. The van der Waals surface area contributed by atoms with Gasteiger partial charge in [0.05, 0.1) is 17.8 Å². The van der Waals surface area contributed by atoms with Crippen LogP contribution in [-0.4, -0.2) is 16.8 Å². The molecule has 0 aliphatic carbocycles. The molecule has 1 aromatic carbocycles. The predicted molar refractivity (Wildman–Crippen MR) is 59.6 cm³/mol. The molecule has 2 nitrogen and oxygen atoms in total. The first kappa shape index (κ1) is 10.7. The lowest BCUT2D eigenvalue weighted by molar-refractivity contribution is -0.131. The number of aliphatic hydroxyl groups is 1. The van der Waals surface area contributed by atoms with Crippen LogP contribution in [0.2, 0.25) is 0 Å². The molecule has 0 unspecified atom stereocenters. The predicted octanol–water partition coefficient (Wildman–Crippen LogP) is 2.68.